The fourth-order valence-corrected chi connectivity index (χ4v) is 2.34. The van der Waals surface area contributed by atoms with Crippen LogP contribution in [0.3, 0.4) is 0 Å². The normalized spacial score (nSPS) is 12.6. The Balaban J connectivity index is 2.12. The van der Waals surface area contributed by atoms with Crippen molar-refractivity contribution in [1.29, 1.82) is 0 Å². The van der Waals surface area contributed by atoms with Crippen molar-refractivity contribution in [3.05, 3.63) is 76.8 Å². The highest BCUT2D eigenvalue weighted by Gasteiger charge is 2.15. The topological polar surface area (TPSA) is 33.1 Å². The smallest absolute Gasteiger partial charge is 0.142 e. The fourth-order valence-electron chi connectivity index (χ4n) is 2.22. The molecule has 0 saturated heterocycles. The van der Waals surface area contributed by atoms with Gasteiger partial charge in [0.25, 0.3) is 0 Å². The number of nitrogens with zero attached hydrogens (tertiary/aromatic N) is 1. The maximum absolute atomic E-state index is 13.5. The summed E-state index contributed by atoms with van der Waals surface area (Å²) in [6.45, 7) is 0. The van der Waals surface area contributed by atoms with E-state index in [1.807, 2.05) is 24.3 Å². The Morgan fingerprint density at radius 2 is 1.90 bits per heavy atom. The van der Waals surface area contributed by atoms with Gasteiger partial charge in [-0.1, -0.05) is 41.9 Å². The summed E-state index contributed by atoms with van der Waals surface area (Å²) in [4.78, 5) is 4.12. The summed E-state index contributed by atoms with van der Waals surface area (Å²) in [7, 11) is 0. The minimum absolute atomic E-state index is 0.0389. The van der Waals surface area contributed by atoms with E-state index >= 15 is 0 Å². The van der Waals surface area contributed by atoms with Gasteiger partial charge in [-0.2, -0.15) is 0 Å². The van der Waals surface area contributed by atoms with Crippen molar-refractivity contribution in [1.82, 2.24) is 4.98 Å². The van der Waals surface area contributed by atoms with Crippen LogP contribution in [0.4, 0.5) is 4.39 Å². The Kier molecular flexibility index (Phi) is 3.38. The van der Waals surface area contributed by atoms with Gasteiger partial charge in [-0.15, -0.1) is 0 Å². The molecular formula is C16H11ClFNO. The molecule has 1 heterocycles. The molecule has 0 radical (unpaired) electrons. The molecule has 0 spiro atoms. The second kappa shape index (κ2) is 5.19. The lowest BCUT2D eigenvalue weighted by Crippen LogP contribution is -2.02. The summed E-state index contributed by atoms with van der Waals surface area (Å²) in [6.07, 6.45) is 2.38. The van der Waals surface area contributed by atoms with Crippen molar-refractivity contribution in [3.8, 4) is 0 Å². The number of benzene rings is 2. The van der Waals surface area contributed by atoms with Crippen LogP contribution in [0.25, 0.3) is 10.8 Å². The van der Waals surface area contributed by atoms with Gasteiger partial charge in [-0.3, -0.25) is 4.98 Å². The summed E-state index contributed by atoms with van der Waals surface area (Å²) in [5, 5.41) is 12.3. The highest BCUT2D eigenvalue weighted by Crippen LogP contribution is 2.29. The van der Waals surface area contributed by atoms with Crippen molar-refractivity contribution in [3.63, 3.8) is 0 Å². The van der Waals surface area contributed by atoms with Gasteiger partial charge in [0.15, 0.2) is 0 Å². The summed E-state index contributed by atoms with van der Waals surface area (Å²) in [5.74, 6) is -0.545. The number of aliphatic hydroxyl groups excluding tert-OH is 1. The Morgan fingerprint density at radius 1 is 1.10 bits per heavy atom. The van der Waals surface area contributed by atoms with Crippen molar-refractivity contribution < 1.29 is 9.50 Å². The van der Waals surface area contributed by atoms with Crippen LogP contribution >= 0.6 is 11.6 Å². The quantitative estimate of drug-likeness (QED) is 0.769. The number of fused-ring (bicyclic) bond motifs is 1. The van der Waals surface area contributed by atoms with Crippen LogP contribution in [0, 0.1) is 5.82 Å². The predicted octanol–water partition coefficient (Wildman–Crippen LogP) is 4.11. The average molecular weight is 288 g/mol. The zero-order valence-corrected chi connectivity index (χ0v) is 11.2. The third-order valence-corrected chi connectivity index (χ3v) is 3.56. The molecule has 2 nitrogen and oxygen atoms in total. The van der Waals surface area contributed by atoms with Gasteiger partial charge >= 0.3 is 0 Å². The monoisotopic (exact) mass is 287 g/mol. The van der Waals surface area contributed by atoms with Gasteiger partial charge in [0.2, 0.25) is 0 Å². The molecule has 2 aromatic carbocycles. The first-order valence-corrected chi connectivity index (χ1v) is 6.50. The fraction of sp³-hybridized carbons (Fsp3) is 0.0625. The molecule has 1 atom stereocenters. The minimum Gasteiger partial charge on any atom is -0.384 e. The van der Waals surface area contributed by atoms with Crippen molar-refractivity contribution in [2.75, 3.05) is 0 Å². The second-order valence-electron chi connectivity index (χ2n) is 4.53. The first-order valence-electron chi connectivity index (χ1n) is 6.12. The van der Waals surface area contributed by atoms with Gasteiger partial charge in [-0.05, 0) is 23.1 Å². The molecule has 1 aromatic heterocycles. The first-order chi connectivity index (χ1) is 9.66. The lowest BCUT2D eigenvalue weighted by molar-refractivity contribution is 0.221. The average Bonchev–Trinajstić information content (AvgIpc) is 2.49. The molecule has 0 aliphatic rings. The molecule has 3 rings (SSSR count). The molecule has 100 valence electrons. The molecule has 1 N–H and O–H groups in total. The van der Waals surface area contributed by atoms with E-state index in [0.29, 0.717) is 11.1 Å². The van der Waals surface area contributed by atoms with Crippen LogP contribution in [-0.4, -0.2) is 10.1 Å². The standard InChI is InChI=1S/C16H11ClFNO/c17-14-6-5-10(7-15(14)18)16(20)13-9-19-8-11-3-1-2-4-12(11)13/h1-9,16,20H. The molecule has 3 aromatic rings. The third kappa shape index (κ3) is 2.26. The van der Waals surface area contributed by atoms with Gasteiger partial charge in [0.05, 0.1) is 5.02 Å². The first kappa shape index (κ1) is 13.0. The summed E-state index contributed by atoms with van der Waals surface area (Å²) in [5.41, 5.74) is 1.09. The number of hydrogen-bond donors (Lipinski definition) is 1. The summed E-state index contributed by atoms with van der Waals surface area (Å²) < 4.78 is 13.5. The van der Waals surface area contributed by atoms with Crippen LogP contribution < -0.4 is 0 Å². The molecule has 1 unspecified atom stereocenters. The van der Waals surface area contributed by atoms with E-state index in [1.165, 1.54) is 12.1 Å². The zero-order valence-electron chi connectivity index (χ0n) is 10.4. The largest absolute Gasteiger partial charge is 0.384 e. The molecule has 0 bridgehead atoms. The molecule has 20 heavy (non-hydrogen) atoms. The summed E-state index contributed by atoms with van der Waals surface area (Å²) >= 11 is 5.66. The van der Waals surface area contributed by atoms with Gasteiger partial charge < -0.3 is 5.11 Å². The zero-order chi connectivity index (χ0) is 14.1. The van der Waals surface area contributed by atoms with Crippen molar-refractivity contribution in [2.45, 2.75) is 6.10 Å². The lowest BCUT2D eigenvalue weighted by Gasteiger charge is -2.14. The van der Waals surface area contributed by atoms with E-state index in [1.54, 1.807) is 18.5 Å². The third-order valence-electron chi connectivity index (χ3n) is 3.25. The van der Waals surface area contributed by atoms with Crippen LogP contribution in [0.1, 0.15) is 17.2 Å². The number of aromatic nitrogens is 1. The van der Waals surface area contributed by atoms with E-state index in [4.69, 9.17) is 11.6 Å². The van der Waals surface area contributed by atoms with E-state index in [9.17, 15) is 9.50 Å². The number of hydrogen-bond acceptors (Lipinski definition) is 2. The number of aliphatic hydroxyl groups is 1. The minimum atomic E-state index is -0.944. The maximum Gasteiger partial charge on any atom is 0.142 e. The van der Waals surface area contributed by atoms with Crippen LogP contribution in [-0.2, 0) is 0 Å². The number of halogens is 2. The Labute approximate surface area is 120 Å². The molecule has 0 saturated carbocycles. The van der Waals surface area contributed by atoms with E-state index in [2.05, 4.69) is 4.98 Å². The number of rotatable bonds is 2. The van der Waals surface area contributed by atoms with Crippen LogP contribution in [0.15, 0.2) is 54.9 Å². The molecular weight excluding hydrogens is 277 g/mol. The predicted molar refractivity (Wildman–Crippen MR) is 77.2 cm³/mol. The Hall–Kier alpha value is -1.97. The van der Waals surface area contributed by atoms with E-state index < -0.39 is 11.9 Å². The molecule has 0 aliphatic carbocycles. The van der Waals surface area contributed by atoms with Gasteiger partial charge in [0, 0.05) is 23.3 Å². The van der Waals surface area contributed by atoms with Gasteiger partial charge in [0.1, 0.15) is 11.9 Å². The molecule has 0 fully saturated rings. The lowest BCUT2D eigenvalue weighted by atomic mass is 9.98. The van der Waals surface area contributed by atoms with E-state index in [0.717, 1.165) is 10.8 Å². The maximum atomic E-state index is 13.5. The van der Waals surface area contributed by atoms with Crippen LogP contribution in [0.5, 0.6) is 0 Å². The second-order valence-corrected chi connectivity index (χ2v) is 4.93. The highest BCUT2D eigenvalue weighted by atomic mass is 35.5. The Morgan fingerprint density at radius 3 is 2.70 bits per heavy atom. The van der Waals surface area contributed by atoms with E-state index in [-0.39, 0.29) is 5.02 Å². The summed E-state index contributed by atoms with van der Waals surface area (Å²) in [6, 6.07) is 11.9. The van der Waals surface area contributed by atoms with Crippen molar-refractivity contribution >= 4 is 22.4 Å². The SMILES string of the molecule is OC(c1ccc(Cl)c(F)c1)c1cncc2ccccc12. The molecule has 0 aliphatic heterocycles. The Bertz CT molecular complexity index is 770. The molecule has 4 heteroatoms. The number of pyridine rings is 1. The van der Waals surface area contributed by atoms with Crippen molar-refractivity contribution in [2.24, 2.45) is 0 Å². The highest BCUT2D eigenvalue weighted by molar-refractivity contribution is 6.30. The van der Waals surface area contributed by atoms with Crippen LogP contribution in [0.2, 0.25) is 5.02 Å². The molecule has 0 amide bonds. The van der Waals surface area contributed by atoms with Gasteiger partial charge in [-0.25, -0.2) is 4.39 Å².